The van der Waals surface area contributed by atoms with E-state index in [2.05, 4.69) is 10.6 Å². The standard InChI is InChI=1S/C20H17ClN2O3/c21-18-6-2-1-4-16(18)12-22-19(24)14-7-9-15(10-8-14)20(25)23-13-17-5-3-11-26-17/h1-11H,12-13H2,(H,22,24)(H,23,25). The van der Waals surface area contributed by atoms with Crippen LogP contribution < -0.4 is 10.6 Å². The van der Waals surface area contributed by atoms with Crippen LogP contribution in [0.25, 0.3) is 0 Å². The van der Waals surface area contributed by atoms with Gasteiger partial charge in [-0.1, -0.05) is 29.8 Å². The van der Waals surface area contributed by atoms with E-state index in [0.29, 0.717) is 35.0 Å². The topological polar surface area (TPSA) is 71.3 Å². The lowest BCUT2D eigenvalue weighted by molar-refractivity contribution is 0.0937. The molecule has 0 bridgehead atoms. The van der Waals surface area contributed by atoms with Gasteiger partial charge in [0.25, 0.3) is 11.8 Å². The van der Waals surface area contributed by atoms with Crippen molar-refractivity contribution >= 4 is 23.4 Å². The molecule has 132 valence electrons. The van der Waals surface area contributed by atoms with Gasteiger partial charge >= 0.3 is 0 Å². The Hall–Kier alpha value is -3.05. The van der Waals surface area contributed by atoms with Crippen molar-refractivity contribution < 1.29 is 14.0 Å². The van der Waals surface area contributed by atoms with Gasteiger partial charge in [0.15, 0.2) is 0 Å². The molecular formula is C20H17ClN2O3. The van der Waals surface area contributed by atoms with Gasteiger partial charge in [-0.15, -0.1) is 0 Å². The molecule has 2 N–H and O–H groups in total. The minimum absolute atomic E-state index is 0.229. The van der Waals surface area contributed by atoms with Gasteiger partial charge in [0.05, 0.1) is 12.8 Å². The zero-order chi connectivity index (χ0) is 18.4. The van der Waals surface area contributed by atoms with Crippen LogP contribution in [-0.2, 0) is 13.1 Å². The van der Waals surface area contributed by atoms with Crippen molar-refractivity contribution in [2.24, 2.45) is 0 Å². The lowest BCUT2D eigenvalue weighted by atomic mass is 10.1. The molecule has 0 saturated carbocycles. The van der Waals surface area contributed by atoms with Gasteiger partial charge < -0.3 is 15.1 Å². The summed E-state index contributed by atoms with van der Waals surface area (Å²) in [7, 11) is 0. The van der Waals surface area contributed by atoms with Crippen LogP contribution in [0.15, 0.2) is 71.3 Å². The second kappa shape index (κ2) is 8.36. The van der Waals surface area contributed by atoms with Crippen LogP contribution in [0.3, 0.4) is 0 Å². The molecule has 26 heavy (non-hydrogen) atoms. The number of nitrogens with one attached hydrogen (secondary N) is 2. The molecular weight excluding hydrogens is 352 g/mol. The Bertz CT molecular complexity index is 890. The normalized spacial score (nSPS) is 10.3. The molecule has 0 aliphatic rings. The summed E-state index contributed by atoms with van der Waals surface area (Å²) in [5.74, 6) is 0.214. The summed E-state index contributed by atoms with van der Waals surface area (Å²) in [6.07, 6.45) is 1.55. The molecule has 0 aliphatic carbocycles. The third-order valence-corrected chi connectivity index (χ3v) is 4.18. The minimum Gasteiger partial charge on any atom is -0.467 e. The van der Waals surface area contributed by atoms with Crippen molar-refractivity contribution in [2.45, 2.75) is 13.1 Å². The number of amides is 2. The lowest BCUT2D eigenvalue weighted by Crippen LogP contribution is -2.24. The van der Waals surface area contributed by atoms with Crippen molar-refractivity contribution in [1.29, 1.82) is 0 Å². The van der Waals surface area contributed by atoms with Crippen LogP contribution >= 0.6 is 11.6 Å². The fourth-order valence-corrected chi connectivity index (χ4v) is 2.58. The maximum atomic E-state index is 12.2. The quantitative estimate of drug-likeness (QED) is 0.695. The highest BCUT2D eigenvalue weighted by molar-refractivity contribution is 6.31. The molecule has 1 heterocycles. The predicted molar refractivity (Wildman–Crippen MR) is 98.9 cm³/mol. The number of rotatable bonds is 6. The summed E-state index contributed by atoms with van der Waals surface area (Å²) in [6.45, 7) is 0.649. The molecule has 0 fully saturated rings. The number of carbonyl (C=O) groups is 2. The Morgan fingerprint density at radius 1 is 0.808 bits per heavy atom. The Morgan fingerprint density at radius 3 is 2.00 bits per heavy atom. The molecule has 6 heteroatoms. The van der Waals surface area contributed by atoms with E-state index in [1.807, 2.05) is 18.2 Å². The molecule has 0 saturated heterocycles. The van der Waals surface area contributed by atoms with Crippen molar-refractivity contribution in [3.05, 3.63) is 94.4 Å². The van der Waals surface area contributed by atoms with Gasteiger partial charge in [0.1, 0.15) is 5.76 Å². The fourth-order valence-electron chi connectivity index (χ4n) is 2.37. The first-order valence-electron chi connectivity index (χ1n) is 8.06. The molecule has 2 amide bonds. The molecule has 0 aliphatic heterocycles. The van der Waals surface area contributed by atoms with Crippen LogP contribution in [0.2, 0.25) is 5.02 Å². The molecule has 3 rings (SSSR count). The molecule has 1 aromatic heterocycles. The summed E-state index contributed by atoms with van der Waals surface area (Å²) >= 11 is 6.07. The number of hydrogen-bond donors (Lipinski definition) is 2. The Labute approximate surface area is 156 Å². The third kappa shape index (κ3) is 4.52. The Balaban J connectivity index is 1.55. The highest BCUT2D eigenvalue weighted by atomic mass is 35.5. The van der Waals surface area contributed by atoms with Gasteiger partial charge in [-0.05, 0) is 48.0 Å². The van der Waals surface area contributed by atoms with Crippen LogP contribution in [0, 0.1) is 0 Å². The average Bonchev–Trinajstić information content (AvgIpc) is 3.19. The molecule has 0 unspecified atom stereocenters. The number of hydrogen-bond acceptors (Lipinski definition) is 3. The molecule has 2 aromatic carbocycles. The van der Waals surface area contributed by atoms with Gasteiger partial charge in [-0.2, -0.15) is 0 Å². The van der Waals surface area contributed by atoms with E-state index < -0.39 is 0 Å². The molecule has 5 nitrogen and oxygen atoms in total. The van der Waals surface area contributed by atoms with E-state index in [1.54, 1.807) is 48.7 Å². The molecule has 0 spiro atoms. The second-order valence-corrected chi connectivity index (χ2v) is 6.02. The fraction of sp³-hybridized carbons (Fsp3) is 0.100. The summed E-state index contributed by atoms with van der Waals surface area (Å²) in [5.41, 5.74) is 1.79. The van der Waals surface area contributed by atoms with E-state index in [9.17, 15) is 9.59 Å². The van der Waals surface area contributed by atoms with E-state index in [-0.39, 0.29) is 11.8 Å². The van der Waals surface area contributed by atoms with E-state index >= 15 is 0 Å². The van der Waals surface area contributed by atoms with E-state index in [4.69, 9.17) is 16.0 Å². The number of halogens is 1. The SMILES string of the molecule is O=C(NCc1ccco1)c1ccc(C(=O)NCc2ccccc2Cl)cc1. The first-order chi connectivity index (χ1) is 12.6. The van der Waals surface area contributed by atoms with Crippen LogP contribution in [0.4, 0.5) is 0 Å². The smallest absolute Gasteiger partial charge is 0.251 e. The minimum atomic E-state index is -0.232. The summed E-state index contributed by atoms with van der Waals surface area (Å²) in [6, 6.07) is 17.3. The Morgan fingerprint density at radius 2 is 1.42 bits per heavy atom. The van der Waals surface area contributed by atoms with Gasteiger partial charge in [-0.3, -0.25) is 9.59 Å². The largest absolute Gasteiger partial charge is 0.467 e. The zero-order valence-corrected chi connectivity index (χ0v) is 14.6. The highest BCUT2D eigenvalue weighted by Gasteiger charge is 2.10. The summed E-state index contributed by atoms with van der Waals surface area (Å²) in [4.78, 5) is 24.3. The third-order valence-electron chi connectivity index (χ3n) is 3.81. The maximum Gasteiger partial charge on any atom is 0.251 e. The lowest BCUT2D eigenvalue weighted by Gasteiger charge is -2.08. The average molecular weight is 369 g/mol. The molecule has 0 radical (unpaired) electrons. The van der Waals surface area contributed by atoms with Gasteiger partial charge in [0, 0.05) is 22.7 Å². The van der Waals surface area contributed by atoms with Crippen molar-refractivity contribution in [1.82, 2.24) is 10.6 Å². The van der Waals surface area contributed by atoms with Gasteiger partial charge in [-0.25, -0.2) is 0 Å². The second-order valence-electron chi connectivity index (χ2n) is 5.61. The van der Waals surface area contributed by atoms with Crippen molar-refractivity contribution in [2.75, 3.05) is 0 Å². The van der Waals surface area contributed by atoms with E-state index in [1.165, 1.54) is 0 Å². The first-order valence-corrected chi connectivity index (χ1v) is 8.43. The molecule has 3 aromatic rings. The summed E-state index contributed by atoms with van der Waals surface area (Å²) in [5, 5.41) is 6.17. The maximum absolute atomic E-state index is 12.2. The van der Waals surface area contributed by atoms with Crippen molar-refractivity contribution in [3.63, 3.8) is 0 Å². The van der Waals surface area contributed by atoms with Crippen LogP contribution in [0.1, 0.15) is 32.0 Å². The Kier molecular flexibility index (Phi) is 5.71. The summed E-state index contributed by atoms with van der Waals surface area (Å²) < 4.78 is 5.17. The van der Waals surface area contributed by atoms with E-state index in [0.717, 1.165) is 5.56 Å². The number of benzene rings is 2. The predicted octanol–water partition coefficient (Wildman–Crippen LogP) is 3.79. The zero-order valence-electron chi connectivity index (χ0n) is 13.9. The number of carbonyl (C=O) groups excluding carboxylic acids is 2. The first kappa shape index (κ1) is 17.8. The van der Waals surface area contributed by atoms with Gasteiger partial charge in [0.2, 0.25) is 0 Å². The monoisotopic (exact) mass is 368 g/mol. The van der Waals surface area contributed by atoms with Crippen molar-refractivity contribution in [3.8, 4) is 0 Å². The van der Waals surface area contributed by atoms with Crippen LogP contribution in [-0.4, -0.2) is 11.8 Å². The molecule has 0 atom stereocenters. The highest BCUT2D eigenvalue weighted by Crippen LogP contribution is 2.14. The number of furan rings is 1. The van der Waals surface area contributed by atoms with Crippen LogP contribution in [0.5, 0.6) is 0 Å².